The van der Waals surface area contributed by atoms with E-state index in [0.29, 0.717) is 6.42 Å². The fourth-order valence-electron chi connectivity index (χ4n) is 5.38. The number of benzene rings is 2. The van der Waals surface area contributed by atoms with Gasteiger partial charge in [0.05, 0.1) is 11.8 Å². The molecular formula is C26H25NO3S. The minimum absolute atomic E-state index is 0.0643. The smallest absolute Gasteiger partial charge is 0.231 e. The van der Waals surface area contributed by atoms with E-state index in [0.717, 1.165) is 47.8 Å². The Morgan fingerprint density at radius 3 is 2.48 bits per heavy atom. The van der Waals surface area contributed by atoms with Gasteiger partial charge in [0.15, 0.2) is 11.5 Å². The van der Waals surface area contributed by atoms with Crippen molar-refractivity contribution < 1.29 is 14.3 Å². The number of fused-ring (bicyclic) bond motifs is 1. The van der Waals surface area contributed by atoms with Gasteiger partial charge in [-0.1, -0.05) is 49.2 Å². The molecule has 0 bridgehead atoms. The minimum atomic E-state index is -0.378. The van der Waals surface area contributed by atoms with Crippen LogP contribution in [0.15, 0.2) is 54.7 Å². The molecule has 0 atom stereocenters. The van der Waals surface area contributed by atoms with Crippen molar-refractivity contribution in [2.45, 2.75) is 55.8 Å². The van der Waals surface area contributed by atoms with Crippen molar-refractivity contribution >= 4 is 17.1 Å². The van der Waals surface area contributed by atoms with Crippen molar-refractivity contribution in [3.63, 3.8) is 0 Å². The van der Waals surface area contributed by atoms with Crippen LogP contribution in [-0.4, -0.2) is 17.6 Å². The van der Waals surface area contributed by atoms with Crippen LogP contribution in [0.3, 0.4) is 0 Å². The highest BCUT2D eigenvalue weighted by Gasteiger charge is 2.51. The standard InChI is InChI=1S/C26H25NO3S/c28-22(25(12-13-25)19-8-9-20-21(14-19)30-17-29-20)15-24-27-16-23(31-24)26(10-4-5-11-26)18-6-2-1-3-7-18/h1-3,6-9,14,16H,4-5,10-13,15,17H2. The molecule has 2 aliphatic carbocycles. The van der Waals surface area contributed by atoms with E-state index >= 15 is 0 Å². The van der Waals surface area contributed by atoms with Gasteiger partial charge in [-0.15, -0.1) is 11.3 Å². The first-order valence-electron chi connectivity index (χ1n) is 11.1. The fraction of sp³-hybridized carbons (Fsp3) is 0.385. The molecule has 1 aliphatic heterocycles. The lowest BCUT2D eigenvalue weighted by atomic mass is 9.78. The lowest BCUT2D eigenvalue weighted by Crippen LogP contribution is -2.22. The lowest BCUT2D eigenvalue weighted by Gasteiger charge is -2.28. The number of nitrogens with zero attached hydrogens (tertiary/aromatic N) is 1. The fourth-order valence-corrected chi connectivity index (χ4v) is 6.57. The van der Waals surface area contributed by atoms with Crippen molar-refractivity contribution in [1.29, 1.82) is 0 Å². The summed E-state index contributed by atoms with van der Waals surface area (Å²) in [6.45, 7) is 0.255. The normalized spacial score (nSPS) is 20.0. The van der Waals surface area contributed by atoms with Crippen molar-refractivity contribution in [2.24, 2.45) is 0 Å². The van der Waals surface area contributed by atoms with Gasteiger partial charge in [0.2, 0.25) is 6.79 Å². The molecule has 2 fully saturated rings. The summed E-state index contributed by atoms with van der Waals surface area (Å²) >= 11 is 1.73. The maximum Gasteiger partial charge on any atom is 0.231 e. The number of Topliss-reactive ketones (excluding diaryl/α,β-unsaturated/α-hetero) is 1. The molecule has 0 saturated heterocycles. The van der Waals surface area contributed by atoms with Gasteiger partial charge >= 0.3 is 0 Å². The SMILES string of the molecule is O=C(Cc1ncc(C2(c3ccccc3)CCCC2)s1)C1(c2ccc3c(c2)OCO3)CC1. The van der Waals surface area contributed by atoms with E-state index < -0.39 is 0 Å². The Morgan fingerprint density at radius 2 is 1.71 bits per heavy atom. The largest absolute Gasteiger partial charge is 0.454 e. The summed E-state index contributed by atoms with van der Waals surface area (Å²) in [7, 11) is 0. The zero-order valence-electron chi connectivity index (χ0n) is 17.4. The first-order chi connectivity index (χ1) is 15.2. The molecule has 0 amide bonds. The topological polar surface area (TPSA) is 48.4 Å². The molecule has 4 nitrogen and oxygen atoms in total. The number of aromatic nitrogens is 1. The average Bonchev–Trinajstić information content (AvgIpc) is 3.18. The number of ether oxygens (including phenoxy) is 2. The second-order valence-electron chi connectivity index (χ2n) is 9.02. The molecule has 6 rings (SSSR count). The van der Waals surface area contributed by atoms with Crippen LogP contribution in [0.4, 0.5) is 0 Å². The Morgan fingerprint density at radius 1 is 0.935 bits per heavy atom. The molecule has 3 aromatic rings. The Kier molecular flexibility index (Phi) is 4.42. The van der Waals surface area contributed by atoms with Gasteiger partial charge in [-0.3, -0.25) is 4.79 Å². The molecule has 5 heteroatoms. The van der Waals surface area contributed by atoms with Crippen LogP contribution in [0, 0.1) is 0 Å². The molecule has 31 heavy (non-hydrogen) atoms. The summed E-state index contributed by atoms with van der Waals surface area (Å²) in [6.07, 6.45) is 9.05. The van der Waals surface area contributed by atoms with E-state index in [9.17, 15) is 4.79 Å². The predicted molar refractivity (Wildman–Crippen MR) is 120 cm³/mol. The van der Waals surface area contributed by atoms with Crippen LogP contribution < -0.4 is 9.47 Å². The molecule has 2 saturated carbocycles. The molecule has 1 aromatic heterocycles. The van der Waals surface area contributed by atoms with Crippen molar-refractivity contribution in [3.8, 4) is 11.5 Å². The molecule has 2 aromatic carbocycles. The zero-order valence-corrected chi connectivity index (χ0v) is 18.2. The van der Waals surface area contributed by atoms with Gasteiger partial charge in [-0.2, -0.15) is 0 Å². The third-order valence-corrected chi connectivity index (χ3v) is 8.53. The van der Waals surface area contributed by atoms with Crippen molar-refractivity contribution in [2.75, 3.05) is 6.79 Å². The Balaban J connectivity index is 1.25. The minimum Gasteiger partial charge on any atom is -0.454 e. The maximum atomic E-state index is 13.4. The average molecular weight is 432 g/mol. The van der Waals surface area contributed by atoms with Crippen molar-refractivity contribution in [1.82, 2.24) is 4.98 Å². The molecule has 0 unspecified atom stereocenters. The Hall–Kier alpha value is -2.66. The molecule has 3 aliphatic rings. The summed E-state index contributed by atoms with van der Waals surface area (Å²) in [6, 6.07) is 16.8. The lowest BCUT2D eigenvalue weighted by molar-refractivity contribution is -0.120. The number of hydrogen-bond donors (Lipinski definition) is 0. The van der Waals surface area contributed by atoms with Gasteiger partial charge in [0.1, 0.15) is 10.8 Å². The van der Waals surface area contributed by atoms with Gasteiger partial charge in [0.25, 0.3) is 0 Å². The highest BCUT2D eigenvalue weighted by molar-refractivity contribution is 7.11. The number of rotatable bonds is 6. The molecule has 2 heterocycles. The van der Waals surface area contributed by atoms with Crippen LogP contribution in [0.5, 0.6) is 11.5 Å². The predicted octanol–water partition coefficient (Wildman–Crippen LogP) is 5.58. The van der Waals surface area contributed by atoms with Gasteiger partial charge in [-0.05, 0) is 48.9 Å². The number of carbonyl (C=O) groups is 1. The number of thiazole rings is 1. The summed E-state index contributed by atoms with van der Waals surface area (Å²) in [4.78, 5) is 19.4. The third kappa shape index (κ3) is 3.09. The number of carbonyl (C=O) groups excluding carboxylic acids is 1. The van der Waals surface area contributed by atoms with Crippen LogP contribution in [0.25, 0.3) is 0 Å². The van der Waals surface area contributed by atoms with Gasteiger partial charge < -0.3 is 9.47 Å². The highest BCUT2D eigenvalue weighted by atomic mass is 32.1. The zero-order chi connectivity index (χ0) is 20.9. The van der Waals surface area contributed by atoms with E-state index in [2.05, 4.69) is 30.3 Å². The number of hydrogen-bond acceptors (Lipinski definition) is 5. The number of ketones is 1. The second kappa shape index (κ2) is 7.20. The van der Waals surface area contributed by atoms with Crippen molar-refractivity contribution in [3.05, 3.63) is 75.7 Å². The summed E-state index contributed by atoms with van der Waals surface area (Å²) < 4.78 is 11.0. The first kappa shape index (κ1) is 19.1. The monoisotopic (exact) mass is 431 g/mol. The Bertz CT molecular complexity index is 1130. The van der Waals surface area contributed by atoms with Crippen LogP contribution in [0.1, 0.15) is 59.5 Å². The third-order valence-electron chi connectivity index (χ3n) is 7.33. The highest BCUT2D eigenvalue weighted by Crippen LogP contribution is 2.52. The van der Waals surface area contributed by atoms with Crippen LogP contribution in [-0.2, 0) is 22.0 Å². The summed E-state index contributed by atoms with van der Waals surface area (Å²) in [5.74, 6) is 1.78. The first-order valence-corrected chi connectivity index (χ1v) is 12.0. The maximum absolute atomic E-state index is 13.4. The van der Waals surface area contributed by atoms with E-state index in [4.69, 9.17) is 14.5 Å². The second-order valence-corrected chi connectivity index (χ2v) is 10.1. The molecule has 0 radical (unpaired) electrons. The van der Waals surface area contributed by atoms with E-state index in [1.54, 1.807) is 11.3 Å². The Labute approximate surface area is 186 Å². The molecular weight excluding hydrogens is 406 g/mol. The van der Waals surface area contributed by atoms with E-state index in [1.807, 2.05) is 24.4 Å². The van der Waals surface area contributed by atoms with Gasteiger partial charge in [0, 0.05) is 16.5 Å². The van der Waals surface area contributed by atoms with Gasteiger partial charge in [-0.25, -0.2) is 4.98 Å². The molecule has 0 spiro atoms. The van der Waals surface area contributed by atoms with E-state index in [1.165, 1.54) is 23.3 Å². The quantitative estimate of drug-likeness (QED) is 0.512. The van der Waals surface area contributed by atoms with Crippen LogP contribution >= 0.6 is 11.3 Å². The summed E-state index contributed by atoms with van der Waals surface area (Å²) in [5, 5.41) is 0.939. The molecule has 0 N–H and O–H groups in total. The van der Waals surface area contributed by atoms with Crippen LogP contribution in [0.2, 0.25) is 0 Å². The summed E-state index contributed by atoms with van der Waals surface area (Å²) in [5.41, 5.74) is 2.12. The molecule has 158 valence electrons. The van der Waals surface area contributed by atoms with E-state index in [-0.39, 0.29) is 23.4 Å².